The summed E-state index contributed by atoms with van der Waals surface area (Å²) in [4.78, 5) is 2.37. The molecule has 0 aromatic rings. The molecule has 0 bridgehead atoms. The molecular weight excluding hydrogens is 222 g/mol. The van der Waals surface area contributed by atoms with Crippen molar-refractivity contribution < 1.29 is 5.11 Å². The lowest BCUT2D eigenvalue weighted by Crippen LogP contribution is -2.20. The van der Waals surface area contributed by atoms with Gasteiger partial charge in [0.15, 0.2) is 0 Å². The third-order valence-corrected chi connectivity index (χ3v) is 3.52. The van der Waals surface area contributed by atoms with E-state index < -0.39 is 0 Å². The maximum absolute atomic E-state index is 9.16. The molecule has 0 rings (SSSR count). The molecule has 0 amide bonds. The van der Waals surface area contributed by atoms with Crippen LogP contribution >= 0.6 is 0 Å². The topological polar surface area (TPSA) is 23.5 Å². The van der Waals surface area contributed by atoms with Gasteiger partial charge in [0.1, 0.15) is 0 Å². The van der Waals surface area contributed by atoms with Crippen LogP contribution in [-0.2, 0) is 0 Å². The highest BCUT2D eigenvalue weighted by Gasteiger charge is 2.05. The zero-order valence-electron chi connectivity index (χ0n) is 12.9. The maximum atomic E-state index is 9.16. The molecule has 0 aromatic heterocycles. The number of aliphatic hydroxyl groups excluding tert-OH is 1. The zero-order chi connectivity index (χ0) is 14.0. The van der Waals surface area contributed by atoms with Gasteiger partial charge in [0.05, 0.1) is 5.76 Å². The lowest BCUT2D eigenvalue weighted by molar-refractivity contribution is 0.314. The highest BCUT2D eigenvalue weighted by Crippen LogP contribution is 2.17. The summed E-state index contributed by atoms with van der Waals surface area (Å²) in [5.41, 5.74) is 1.43. The summed E-state index contributed by atoms with van der Waals surface area (Å²) in [6.45, 7) is 10.8. The molecule has 0 aliphatic rings. The number of allylic oxidation sites excluding steroid dienone is 4. The van der Waals surface area contributed by atoms with Crippen molar-refractivity contribution in [2.45, 2.75) is 53.4 Å². The zero-order valence-corrected chi connectivity index (χ0v) is 12.9. The largest absolute Gasteiger partial charge is 0.513 e. The number of rotatable bonds is 9. The van der Waals surface area contributed by atoms with Crippen LogP contribution < -0.4 is 0 Å². The predicted octanol–water partition coefficient (Wildman–Crippen LogP) is 4.54. The van der Waals surface area contributed by atoms with Crippen molar-refractivity contribution in [2.24, 2.45) is 5.92 Å². The average molecular weight is 253 g/mol. The molecule has 1 unspecified atom stereocenters. The molecule has 1 atom stereocenters. The van der Waals surface area contributed by atoms with Crippen molar-refractivity contribution in [3.05, 3.63) is 23.5 Å². The van der Waals surface area contributed by atoms with Gasteiger partial charge in [-0.2, -0.15) is 0 Å². The monoisotopic (exact) mass is 253 g/mol. The van der Waals surface area contributed by atoms with E-state index in [1.165, 1.54) is 25.0 Å². The minimum atomic E-state index is 0.388. The van der Waals surface area contributed by atoms with Crippen molar-refractivity contribution in [1.82, 2.24) is 4.90 Å². The van der Waals surface area contributed by atoms with Gasteiger partial charge in [-0.3, -0.25) is 0 Å². The Morgan fingerprint density at radius 2 is 1.89 bits per heavy atom. The quantitative estimate of drug-likeness (QED) is 0.481. The molecule has 0 aromatic carbocycles. The molecule has 0 aliphatic heterocycles. The summed E-state index contributed by atoms with van der Waals surface area (Å²) in [5.74, 6) is 1.16. The second-order valence-corrected chi connectivity index (χ2v) is 5.31. The highest BCUT2D eigenvalue weighted by atomic mass is 16.3. The number of hydrogen-bond acceptors (Lipinski definition) is 2. The summed E-state index contributed by atoms with van der Waals surface area (Å²) < 4.78 is 0. The van der Waals surface area contributed by atoms with E-state index in [2.05, 4.69) is 38.8 Å². The van der Waals surface area contributed by atoms with Crippen LogP contribution in [0.1, 0.15) is 53.4 Å². The van der Waals surface area contributed by atoms with Crippen LogP contribution in [0, 0.1) is 5.92 Å². The van der Waals surface area contributed by atoms with E-state index in [9.17, 15) is 0 Å². The van der Waals surface area contributed by atoms with Gasteiger partial charge in [0.25, 0.3) is 0 Å². The molecule has 0 aliphatic carbocycles. The van der Waals surface area contributed by atoms with E-state index in [0.717, 1.165) is 25.3 Å². The smallest absolute Gasteiger partial charge is 0.0891 e. The number of hydrogen-bond donors (Lipinski definition) is 1. The van der Waals surface area contributed by atoms with Gasteiger partial charge in [-0.05, 0) is 64.7 Å². The Balaban J connectivity index is 3.98. The van der Waals surface area contributed by atoms with Gasteiger partial charge in [0, 0.05) is 0 Å². The first-order chi connectivity index (χ1) is 8.49. The number of aliphatic hydroxyl groups is 1. The van der Waals surface area contributed by atoms with Gasteiger partial charge in [-0.15, -0.1) is 0 Å². The van der Waals surface area contributed by atoms with Crippen LogP contribution in [-0.4, -0.2) is 30.1 Å². The maximum Gasteiger partial charge on any atom is 0.0891 e. The van der Waals surface area contributed by atoms with Crippen molar-refractivity contribution >= 4 is 0 Å². The Kier molecular flexibility index (Phi) is 9.76. The SMILES string of the molecule is CC/C(=C\C=C(/C)O)CCC(C)CCN(C)CC. The summed E-state index contributed by atoms with van der Waals surface area (Å²) in [6.07, 6.45) is 8.61. The highest BCUT2D eigenvalue weighted by molar-refractivity contribution is 5.13. The van der Waals surface area contributed by atoms with Crippen molar-refractivity contribution in [3.63, 3.8) is 0 Å². The average Bonchev–Trinajstić information content (AvgIpc) is 2.35. The lowest BCUT2D eigenvalue weighted by atomic mass is 9.96. The first-order valence-electron chi connectivity index (χ1n) is 7.23. The van der Waals surface area contributed by atoms with Crippen molar-refractivity contribution in [2.75, 3.05) is 20.1 Å². The Morgan fingerprint density at radius 1 is 1.22 bits per heavy atom. The summed E-state index contributed by atoms with van der Waals surface area (Å²) in [5, 5.41) is 9.16. The first-order valence-corrected chi connectivity index (χ1v) is 7.23. The summed E-state index contributed by atoms with van der Waals surface area (Å²) in [6, 6.07) is 0. The molecule has 2 heteroatoms. The molecule has 0 saturated heterocycles. The van der Waals surface area contributed by atoms with Crippen molar-refractivity contribution in [1.29, 1.82) is 0 Å². The Morgan fingerprint density at radius 3 is 2.39 bits per heavy atom. The fourth-order valence-corrected chi connectivity index (χ4v) is 1.79. The van der Waals surface area contributed by atoms with Crippen LogP contribution in [0.3, 0.4) is 0 Å². The summed E-state index contributed by atoms with van der Waals surface area (Å²) >= 11 is 0. The molecular formula is C16H31NO. The predicted molar refractivity (Wildman–Crippen MR) is 80.9 cm³/mol. The molecule has 18 heavy (non-hydrogen) atoms. The van der Waals surface area contributed by atoms with Crippen molar-refractivity contribution in [3.8, 4) is 0 Å². The minimum absolute atomic E-state index is 0.388. The van der Waals surface area contributed by atoms with Gasteiger partial charge < -0.3 is 10.0 Å². The van der Waals surface area contributed by atoms with Gasteiger partial charge in [-0.1, -0.05) is 32.4 Å². The van der Waals surface area contributed by atoms with E-state index in [0.29, 0.717) is 5.76 Å². The first kappa shape index (κ1) is 17.2. The van der Waals surface area contributed by atoms with E-state index in [-0.39, 0.29) is 0 Å². The molecule has 0 saturated carbocycles. The fraction of sp³-hybridized carbons (Fsp3) is 0.750. The lowest BCUT2D eigenvalue weighted by Gasteiger charge is -2.17. The Labute approximate surface area is 113 Å². The van der Waals surface area contributed by atoms with Crippen LogP contribution in [0.5, 0.6) is 0 Å². The van der Waals surface area contributed by atoms with Crippen LogP contribution in [0.15, 0.2) is 23.5 Å². The second kappa shape index (κ2) is 10.2. The molecule has 2 nitrogen and oxygen atoms in total. The molecule has 0 heterocycles. The standard InChI is InChI=1S/C16H31NO/c1-6-16(11-9-15(4)18)10-8-14(3)12-13-17(5)7-2/h9,11,14,18H,6-8,10,12-13H2,1-5H3/b15-9+,16-11+. The van der Waals surface area contributed by atoms with E-state index >= 15 is 0 Å². The van der Waals surface area contributed by atoms with Crippen LogP contribution in [0.25, 0.3) is 0 Å². The summed E-state index contributed by atoms with van der Waals surface area (Å²) in [7, 11) is 2.18. The van der Waals surface area contributed by atoms with Gasteiger partial charge >= 0.3 is 0 Å². The second-order valence-electron chi connectivity index (χ2n) is 5.31. The number of nitrogens with zero attached hydrogens (tertiary/aromatic N) is 1. The Hall–Kier alpha value is -0.760. The van der Waals surface area contributed by atoms with E-state index in [1.807, 2.05) is 0 Å². The van der Waals surface area contributed by atoms with Gasteiger partial charge in [0.2, 0.25) is 0 Å². The minimum Gasteiger partial charge on any atom is -0.513 e. The Bertz CT molecular complexity index is 264. The van der Waals surface area contributed by atoms with Crippen LogP contribution in [0.4, 0.5) is 0 Å². The van der Waals surface area contributed by atoms with E-state index in [1.54, 1.807) is 13.0 Å². The molecule has 0 spiro atoms. The molecule has 0 radical (unpaired) electrons. The molecule has 106 valence electrons. The normalized spacial score (nSPS) is 15.2. The third-order valence-electron chi connectivity index (χ3n) is 3.52. The van der Waals surface area contributed by atoms with Crippen LogP contribution in [0.2, 0.25) is 0 Å². The van der Waals surface area contributed by atoms with E-state index in [4.69, 9.17) is 5.11 Å². The third kappa shape index (κ3) is 9.29. The molecule has 0 fully saturated rings. The fourth-order valence-electron chi connectivity index (χ4n) is 1.79. The van der Waals surface area contributed by atoms with Gasteiger partial charge in [-0.25, -0.2) is 0 Å². The molecule has 1 N–H and O–H groups in total.